The van der Waals surface area contributed by atoms with Crippen molar-refractivity contribution < 1.29 is 47.4 Å². The Morgan fingerprint density at radius 1 is 0.222 bits per heavy atom. The number of ether oxygens (including phenoxy) is 10. The normalized spacial score (nSPS) is 13.1. The Kier molecular flexibility index (Phi) is 26.3. The van der Waals surface area contributed by atoms with Gasteiger partial charge in [0, 0.05) is 73.6 Å². The van der Waals surface area contributed by atoms with Gasteiger partial charge in [0.25, 0.3) is 0 Å². The Bertz CT molecular complexity index is 4270. The van der Waals surface area contributed by atoms with Crippen LogP contribution in [0.25, 0.3) is 24.3 Å². The van der Waals surface area contributed by atoms with Gasteiger partial charge in [-0.1, -0.05) is 177 Å². The average Bonchev–Trinajstić information content (AvgIpc) is 0.776. The molecular weight excluding hydrogens is 1340 g/mol. The molecule has 2 aliphatic heterocycles. The van der Waals surface area contributed by atoms with Crippen molar-refractivity contribution in [3.63, 3.8) is 0 Å². The van der Waals surface area contributed by atoms with Gasteiger partial charge >= 0.3 is 0 Å². The van der Waals surface area contributed by atoms with Gasteiger partial charge in [-0.25, -0.2) is 0 Å². The van der Waals surface area contributed by atoms with Crippen LogP contribution < -0.4 is 47.4 Å². The molecule has 560 valence electrons. The lowest BCUT2D eigenvalue weighted by Crippen LogP contribution is -2.12. The Hall–Kier alpha value is -10.3. The monoisotopic (exact) mass is 1440 g/mol. The molecule has 2 aliphatic carbocycles. The van der Waals surface area contributed by atoms with E-state index >= 15 is 0 Å². The van der Waals surface area contributed by atoms with Gasteiger partial charge in [0.05, 0.1) is 52.9 Å². The molecule has 0 atom stereocenters. The standard InChI is InChI=1S/C98H108O10/c1-9-37-99-91-73-29-23-30-74(91)54-82-50-72-52-84(96(82)104-42-14-6)56-76-32-24-31-75(92(76)100-38-10-2)55-83-51-71(49-81(53-73)95(83)103-41-13-5)65-107-89-61-85-57-77-45-69(35-33-67-25-19-17-20-26-67)46-78(93(77)101-39-11-3)58-86-62-90(108-66-72)64-88(98(86)106-44-16-8)60-80-48-70(36-34-68-27-21-18-22-28-68)47-79(94(80)102-40-12-4)59-87(63-89)97(85)105-43-15-7/h17-36,45-52,61-64H,9-16,37-44,53-60,65-66H2,1-8H3/b35-33-,36-34+. The summed E-state index contributed by atoms with van der Waals surface area (Å²) in [6.45, 7) is 22.2. The van der Waals surface area contributed by atoms with Gasteiger partial charge in [0.15, 0.2) is 0 Å². The molecule has 0 unspecified atom stereocenters. The molecule has 10 nitrogen and oxygen atoms in total. The number of rotatable bonds is 28. The lowest BCUT2D eigenvalue weighted by Gasteiger charge is -2.25. The highest BCUT2D eigenvalue weighted by Gasteiger charge is 2.29. The zero-order chi connectivity index (χ0) is 74.6. The molecule has 0 saturated carbocycles. The van der Waals surface area contributed by atoms with Crippen LogP contribution in [0.15, 0.2) is 170 Å². The zero-order valence-electron chi connectivity index (χ0n) is 64.9. The fourth-order valence-corrected chi connectivity index (χ4v) is 15.2. The Morgan fingerprint density at radius 3 is 0.667 bits per heavy atom. The van der Waals surface area contributed by atoms with E-state index in [-0.39, 0.29) is 13.2 Å². The van der Waals surface area contributed by atoms with E-state index in [2.05, 4.69) is 250 Å². The first-order valence-corrected chi connectivity index (χ1v) is 40.0. The third kappa shape index (κ3) is 18.8. The van der Waals surface area contributed by atoms with Crippen molar-refractivity contribution in [2.24, 2.45) is 0 Å². The van der Waals surface area contributed by atoms with Gasteiger partial charge in [0.1, 0.15) is 70.7 Å². The van der Waals surface area contributed by atoms with E-state index in [1.165, 1.54) is 0 Å². The molecule has 0 radical (unpaired) electrons. The summed E-state index contributed by atoms with van der Waals surface area (Å²) < 4.78 is 72.4. The minimum Gasteiger partial charge on any atom is -0.493 e. The van der Waals surface area contributed by atoms with E-state index in [9.17, 15) is 0 Å². The second-order valence-corrected chi connectivity index (χ2v) is 29.0. The van der Waals surface area contributed by atoms with Crippen molar-refractivity contribution in [1.82, 2.24) is 0 Å². The fraction of sp³-hybridized carbons (Fsp3) is 0.347. The second kappa shape index (κ2) is 37.5. The van der Waals surface area contributed by atoms with Crippen LogP contribution >= 0.6 is 0 Å². The van der Waals surface area contributed by atoms with E-state index in [4.69, 9.17) is 47.4 Å². The van der Waals surface area contributed by atoms with Crippen molar-refractivity contribution >= 4 is 24.3 Å². The first-order valence-electron chi connectivity index (χ1n) is 40.0. The van der Waals surface area contributed by atoms with Crippen molar-refractivity contribution in [2.75, 3.05) is 52.9 Å². The van der Waals surface area contributed by atoms with Gasteiger partial charge in [0.2, 0.25) is 0 Å². The summed E-state index contributed by atoms with van der Waals surface area (Å²) in [4.78, 5) is 0. The van der Waals surface area contributed by atoms with Crippen LogP contribution in [-0.4, -0.2) is 52.9 Å². The van der Waals surface area contributed by atoms with Crippen molar-refractivity contribution in [1.29, 1.82) is 0 Å². The molecule has 108 heavy (non-hydrogen) atoms. The van der Waals surface area contributed by atoms with Crippen LogP contribution in [0.4, 0.5) is 0 Å². The lowest BCUT2D eigenvalue weighted by molar-refractivity contribution is 0.293. The van der Waals surface area contributed by atoms with Crippen LogP contribution in [0.1, 0.15) is 229 Å². The Morgan fingerprint density at radius 2 is 0.426 bits per heavy atom. The van der Waals surface area contributed by atoms with Gasteiger partial charge in [-0.05, 0) is 224 Å². The SMILES string of the molecule is CCCOc1c2cccc1Cc1cc3cc(c1OCCC)Cc1cccc(c1OCCC)Cc1cc(cc(c1OCCC)C2)COc1cc2c(OCCC)c(c1)Cc1cc(/C=C/c4ccccc4)cc(c1OCCC)Cc1cc(cc(c1OCCC)Cc1cc(/C=C\c4ccccc4)cc(c1OCCC)C2)OC3. The maximum atomic E-state index is 7.51. The molecule has 0 saturated heterocycles. The molecule has 0 fully saturated rings. The van der Waals surface area contributed by atoms with Gasteiger partial charge < -0.3 is 47.4 Å². The molecular formula is C98H108O10. The summed E-state index contributed by atoms with van der Waals surface area (Å²) in [7, 11) is 0. The zero-order valence-corrected chi connectivity index (χ0v) is 64.9. The number of para-hydroxylation sites is 2. The van der Waals surface area contributed by atoms with Crippen LogP contribution in [0.3, 0.4) is 0 Å². The minimum atomic E-state index is 0.257. The summed E-state index contributed by atoms with van der Waals surface area (Å²) in [5, 5.41) is 0. The maximum absolute atomic E-state index is 7.51. The van der Waals surface area contributed by atoms with E-state index in [1.54, 1.807) is 0 Å². The third-order valence-corrected chi connectivity index (χ3v) is 19.9. The topological polar surface area (TPSA) is 92.3 Å². The average molecular weight is 1450 g/mol. The quantitative estimate of drug-likeness (QED) is 0.0442. The van der Waals surface area contributed by atoms with Gasteiger partial charge in [-0.15, -0.1) is 0 Å². The van der Waals surface area contributed by atoms with E-state index < -0.39 is 0 Å². The first kappa shape index (κ1) is 75.9. The molecule has 10 aromatic carbocycles. The highest BCUT2D eigenvalue weighted by molar-refractivity contribution is 5.74. The smallest absolute Gasteiger partial charge is 0.126 e. The molecule has 0 spiro atoms. The predicted octanol–water partition coefficient (Wildman–Crippen LogP) is 23.2. The van der Waals surface area contributed by atoms with Gasteiger partial charge in [-0.2, -0.15) is 0 Å². The molecule has 2 heterocycles. The van der Waals surface area contributed by atoms with Crippen molar-refractivity contribution in [3.8, 4) is 57.5 Å². The summed E-state index contributed by atoms with van der Waals surface area (Å²) in [6.07, 6.45) is 19.6. The molecule has 10 heteroatoms. The number of hydrogen-bond acceptors (Lipinski definition) is 10. The third-order valence-electron chi connectivity index (χ3n) is 19.9. The van der Waals surface area contributed by atoms with Crippen LogP contribution in [0.2, 0.25) is 0 Å². The Balaban J connectivity index is 1.14. The predicted molar refractivity (Wildman–Crippen MR) is 440 cm³/mol. The fourth-order valence-electron chi connectivity index (χ4n) is 15.2. The molecule has 4 aliphatic rings. The molecule has 0 N–H and O–H groups in total. The summed E-state index contributed by atoms with van der Waals surface area (Å²) in [5.74, 6) is 8.34. The van der Waals surface area contributed by atoms with Gasteiger partial charge in [-0.3, -0.25) is 0 Å². The van der Waals surface area contributed by atoms with Crippen LogP contribution in [0, 0.1) is 0 Å². The highest BCUT2D eigenvalue weighted by atomic mass is 16.5. The molecule has 20 bridgehead atoms. The molecule has 14 rings (SSSR count). The van der Waals surface area contributed by atoms with E-state index in [0.717, 1.165) is 231 Å². The van der Waals surface area contributed by atoms with Crippen LogP contribution in [0.5, 0.6) is 57.5 Å². The Labute approximate surface area is 642 Å². The number of benzene rings is 10. The van der Waals surface area contributed by atoms with E-state index in [1.807, 2.05) is 0 Å². The van der Waals surface area contributed by atoms with Crippen LogP contribution in [-0.2, 0) is 64.6 Å². The molecule has 0 amide bonds. The number of hydrogen-bond donors (Lipinski definition) is 0. The van der Waals surface area contributed by atoms with Crippen molar-refractivity contribution in [3.05, 3.63) is 292 Å². The first-order chi connectivity index (χ1) is 53.1. The minimum absolute atomic E-state index is 0.257. The van der Waals surface area contributed by atoms with E-state index in [0.29, 0.717) is 104 Å². The summed E-state index contributed by atoms with van der Waals surface area (Å²) >= 11 is 0. The largest absolute Gasteiger partial charge is 0.493 e. The van der Waals surface area contributed by atoms with Crippen molar-refractivity contribution in [2.45, 2.75) is 171 Å². The summed E-state index contributed by atoms with van der Waals surface area (Å²) in [6, 6.07) is 61.9. The molecule has 0 aromatic heterocycles. The lowest BCUT2D eigenvalue weighted by atomic mass is 9.89. The number of fused-ring (bicyclic) bond motifs is 2. The maximum Gasteiger partial charge on any atom is 0.126 e. The second-order valence-electron chi connectivity index (χ2n) is 29.0. The highest BCUT2D eigenvalue weighted by Crippen LogP contribution is 2.46. The molecule has 10 aromatic rings. The summed E-state index contributed by atoms with van der Waals surface area (Å²) in [5.41, 5.74) is 23.0.